The Kier molecular flexibility index (Phi) is 5.39. The molecule has 0 bridgehead atoms. The maximum Gasteiger partial charge on any atom is 0.272 e. The molecule has 0 spiro atoms. The van der Waals surface area contributed by atoms with Crippen molar-refractivity contribution in [2.75, 3.05) is 26.8 Å². The minimum absolute atomic E-state index is 0.00377. The fourth-order valence-electron chi connectivity index (χ4n) is 3.80. The summed E-state index contributed by atoms with van der Waals surface area (Å²) in [5.41, 5.74) is 1.15. The molecule has 9 nitrogen and oxygen atoms in total. The lowest BCUT2D eigenvalue weighted by Gasteiger charge is -2.39. The predicted molar refractivity (Wildman–Crippen MR) is 104 cm³/mol. The number of pyridine rings is 1. The Labute approximate surface area is 168 Å². The molecule has 152 valence electrons. The van der Waals surface area contributed by atoms with Crippen molar-refractivity contribution in [2.24, 2.45) is 7.05 Å². The minimum atomic E-state index is -0.284. The number of hydrogen-bond donors (Lipinski definition) is 0. The van der Waals surface area contributed by atoms with E-state index in [1.165, 1.54) is 0 Å². The van der Waals surface area contributed by atoms with Crippen LogP contribution in [-0.4, -0.2) is 62.3 Å². The van der Waals surface area contributed by atoms with Gasteiger partial charge in [-0.2, -0.15) is 4.98 Å². The summed E-state index contributed by atoms with van der Waals surface area (Å²) in [6, 6.07) is 3.68. The first-order chi connectivity index (χ1) is 14.1. The lowest BCUT2D eigenvalue weighted by Crippen LogP contribution is -2.46. The first-order valence-corrected chi connectivity index (χ1v) is 9.62. The molecule has 0 unspecified atom stereocenters. The number of likely N-dealkylation sites (tertiary alicyclic amines) is 1. The van der Waals surface area contributed by atoms with Crippen molar-refractivity contribution in [1.29, 1.82) is 0 Å². The van der Waals surface area contributed by atoms with Gasteiger partial charge in [0.05, 0.1) is 12.5 Å². The van der Waals surface area contributed by atoms with Crippen LogP contribution in [0.3, 0.4) is 0 Å². The van der Waals surface area contributed by atoms with Crippen molar-refractivity contribution < 1.29 is 14.1 Å². The van der Waals surface area contributed by atoms with Gasteiger partial charge in [-0.15, -0.1) is 0 Å². The van der Waals surface area contributed by atoms with Gasteiger partial charge in [0.1, 0.15) is 5.69 Å². The number of carbonyl (C=O) groups is 1. The number of hydrogen-bond acceptors (Lipinski definition) is 7. The van der Waals surface area contributed by atoms with Crippen LogP contribution in [0.5, 0.6) is 0 Å². The molecule has 1 fully saturated rings. The number of imidazole rings is 1. The van der Waals surface area contributed by atoms with Crippen LogP contribution in [0.15, 0.2) is 41.6 Å². The molecule has 1 saturated heterocycles. The fourth-order valence-corrected chi connectivity index (χ4v) is 3.80. The number of ether oxygens (including phenoxy) is 1. The fraction of sp³-hybridized carbons (Fsp3) is 0.450. The summed E-state index contributed by atoms with van der Waals surface area (Å²) < 4.78 is 12.6. The number of aryl methyl sites for hydroxylation is 1. The highest BCUT2D eigenvalue weighted by molar-refractivity contribution is 5.92. The number of rotatable bonds is 6. The Hall–Kier alpha value is -3.07. The molecule has 0 radical (unpaired) electrons. The average molecular weight is 396 g/mol. The zero-order valence-electron chi connectivity index (χ0n) is 16.6. The average Bonchev–Trinajstić information content (AvgIpc) is 3.42. The van der Waals surface area contributed by atoms with Gasteiger partial charge >= 0.3 is 0 Å². The number of piperidine rings is 1. The van der Waals surface area contributed by atoms with E-state index in [0.717, 1.165) is 24.8 Å². The van der Waals surface area contributed by atoms with Gasteiger partial charge in [0.2, 0.25) is 0 Å². The molecule has 0 aromatic carbocycles. The Balaban J connectivity index is 1.54. The van der Waals surface area contributed by atoms with Crippen LogP contribution >= 0.6 is 0 Å². The van der Waals surface area contributed by atoms with Crippen LogP contribution in [-0.2, 0) is 17.2 Å². The smallest absolute Gasteiger partial charge is 0.272 e. The van der Waals surface area contributed by atoms with E-state index >= 15 is 0 Å². The molecule has 1 amide bonds. The van der Waals surface area contributed by atoms with Crippen LogP contribution in [0, 0.1) is 0 Å². The van der Waals surface area contributed by atoms with Crippen molar-refractivity contribution in [3.63, 3.8) is 0 Å². The summed E-state index contributed by atoms with van der Waals surface area (Å²) >= 11 is 0. The van der Waals surface area contributed by atoms with Crippen LogP contribution in [0.25, 0.3) is 11.5 Å². The second-order valence-electron chi connectivity index (χ2n) is 7.36. The van der Waals surface area contributed by atoms with Crippen molar-refractivity contribution in [3.05, 3.63) is 48.6 Å². The van der Waals surface area contributed by atoms with Gasteiger partial charge in [0.15, 0.2) is 5.82 Å². The zero-order chi connectivity index (χ0) is 20.3. The number of carbonyl (C=O) groups excluding carboxylic acids is 1. The van der Waals surface area contributed by atoms with Crippen LogP contribution < -0.4 is 0 Å². The van der Waals surface area contributed by atoms with Gasteiger partial charge in [0, 0.05) is 57.2 Å². The molecule has 0 atom stereocenters. The quantitative estimate of drug-likeness (QED) is 0.629. The maximum absolute atomic E-state index is 12.8. The molecule has 4 heterocycles. The van der Waals surface area contributed by atoms with E-state index in [1.807, 2.05) is 24.1 Å². The highest BCUT2D eigenvalue weighted by Gasteiger charge is 2.41. The van der Waals surface area contributed by atoms with Crippen LogP contribution in [0.4, 0.5) is 0 Å². The van der Waals surface area contributed by atoms with E-state index in [1.54, 1.807) is 36.6 Å². The Bertz CT molecular complexity index is 960. The van der Waals surface area contributed by atoms with Gasteiger partial charge in [-0.3, -0.25) is 9.78 Å². The molecule has 29 heavy (non-hydrogen) atoms. The Morgan fingerprint density at radius 2 is 2.00 bits per heavy atom. The summed E-state index contributed by atoms with van der Waals surface area (Å²) in [5, 5.41) is 4.30. The summed E-state index contributed by atoms with van der Waals surface area (Å²) in [4.78, 5) is 27.4. The third kappa shape index (κ3) is 3.77. The molecule has 0 aliphatic carbocycles. The molecule has 0 saturated carbocycles. The topological polar surface area (TPSA) is 99.2 Å². The number of nitrogens with zero attached hydrogens (tertiary/aromatic N) is 6. The number of methoxy groups -OCH3 is 1. The summed E-state index contributed by atoms with van der Waals surface area (Å²) in [5.74, 6) is 1.15. The van der Waals surface area contributed by atoms with Crippen LogP contribution in [0.2, 0.25) is 0 Å². The molecule has 3 aromatic heterocycles. The van der Waals surface area contributed by atoms with Crippen molar-refractivity contribution in [1.82, 2.24) is 29.6 Å². The first-order valence-electron chi connectivity index (χ1n) is 9.62. The van der Waals surface area contributed by atoms with Crippen molar-refractivity contribution >= 4 is 5.91 Å². The van der Waals surface area contributed by atoms with E-state index in [0.29, 0.717) is 37.1 Å². The zero-order valence-corrected chi connectivity index (χ0v) is 16.6. The second kappa shape index (κ2) is 8.12. The molecule has 4 rings (SSSR count). The van der Waals surface area contributed by atoms with Gasteiger partial charge in [-0.25, -0.2) is 4.98 Å². The largest absolute Gasteiger partial charge is 0.385 e. The SMILES string of the molecule is COCCC1(c2noc(-c3ccncc3)n2)CCN(C(=O)c2cncn2C)CC1. The van der Waals surface area contributed by atoms with Gasteiger partial charge in [-0.05, 0) is 31.4 Å². The summed E-state index contributed by atoms with van der Waals surface area (Å²) in [7, 11) is 3.51. The van der Waals surface area contributed by atoms with E-state index in [4.69, 9.17) is 9.26 Å². The standard InChI is InChI=1S/C20H24N6O3/c1-25-14-22-13-16(25)18(27)26-10-5-20(6-11-26,7-12-28-2)19-23-17(29-24-19)15-3-8-21-9-4-15/h3-4,8-9,13-14H,5-7,10-12H2,1-2H3. The van der Waals surface area contributed by atoms with E-state index in [2.05, 4.69) is 20.1 Å². The molecule has 1 aliphatic heterocycles. The Morgan fingerprint density at radius 3 is 2.66 bits per heavy atom. The highest BCUT2D eigenvalue weighted by Crippen LogP contribution is 2.38. The summed E-state index contributed by atoms with van der Waals surface area (Å²) in [6.45, 7) is 1.83. The molecule has 0 N–H and O–H groups in total. The highest BCUT2D eigenvalue weighted by atomic mass is 16.5. The second-order valence-corrected chi connectivity index (χ2v) is 7.36. The van der Waals surface area contributed by atoms with E-state index in [9.17, 15) is 4.79 Å². The van der Waals surface area contributed by atoms with Crippen LogP contribution in [0.1, 0.15) is 35.6 Å². The molecular weight excluding hydrogens is 372 g/mol. The van der Waals surface area contributed by atoms with E-state index in [-0.39, 0.29) is 11.3 Å². The van der Waals surface area contributed by atoms with Crippen molar-refractivity contribution in [3.8, 4) is 11.5 Å². The van der Waals surface area contributed by atoms with Crippen molar-refractivity contribution in [2.45, 2.75) is 24.7 Å². The van der Waals surface area contributed by atoms with E-state index < -0.39 is 0 Å². The predicted octanol–water partition coefficient (Wildman–Crippen LogP) is 2.08. The molecular formula is C20H24N6O3. The molecule has 9 heteroatoms. The normalized spacial score (nSPS) is 16.1. The first kappa shape index (κ1) is 19.3. The van der Waals surface area contributed by atoms with Gasteiger partial charge in [-0.1, -0.05) is 5.16 Å². The lowest BCUT2D eigenvalue weighted by atomic mass is 9.75. The third-order valence-corrected chi connectivity index (χ3v) is 5.66. The third-order valence-electron chi connectivity index (χ3n) is 5.66. The monoisotopic (exact) mass is 396 g/mol. The summed E-state index contributed by atoms with van der Waals surface area (Å²) in [6.07, 6.45) is 8.90. The maximum atomic E-state index is 12.8. The minimum Gasteiger partial charge on any atom is -0.385 e. The number of aromatic nitrogens is 5. The van der Waals surface area contributed by atoms with Gasteiger partial charge in [0.25, 0.3) is 11.8 Å². The Morgan fingerprint density at radius 1 is 1.24 bits per heavy atom. The number of amides is 1. The van der Waals surface area contributed by atoms with Gasteiger partial charge < -0.3 is 18.7 Å². The molecule has 3 aromatic rings. The lowest BCUT2D eigenvalue weighted by molar-refractivity contribution is 0.0607. The molecule has 1 aliphatic rings.